The van der Waals surface area contributed by atoms with E-state index in [1.165, 1.54) is 11.1 Å². The van der Waals surface area contributed by atoms with Gasteiger partial charge in [-0.25, -0.2) is 15.0 Å². The summed E-state index contributed by atoms with van der Waals surface area (Å²) >= 11 is 0. The Morgan fingerprint density at radius 3 is 2.63 bits per heavy atom. The molecule has 1 aromatic heterocycles. The van der Waals surface area contributed by atoms with Crippen LogP contribution in [-0.4, -0.2) is 34.2 Å². The number of anilines is 1. The summed E-state index contributed by atoms with van der Waals surface area (Å²) in [6.07, 6.45) is 0. The van der Waals surface area contributed by atoms with Crippen LogP contribution in [0, 0.1) is 20.8 Å². The monoisotopic (exact) mass is 360 g/mol. The van der Waals surface area contributed by atoms with Crippen LogP contribution in [0.2, 0.25) is 0 Å². The highest BCUT2D eigenvalue weighted by atomic mass is 15.4. The second-order valence-electron chi connectivity index (χ2n) is 7.03. The molecule has 0 saturated carbocycles. The molecule has 1 aliphatic heterocycles. The van der Waals surface area contributed by atoms with Gasteiger partial charge in [-0.05, 0) is 38.0 Å². The lowest BCUT2D eigenvalue weighted by atomic mass is 10.1. The first-order valence-corrected chi connectivity index (χ1v) is 9.16. The van der Waals surface area contributed by atoms with Gasteiger partial charge in [-0.15, -0.1) is 0 Å². The molecule has 0 saturated heterocycles. The van der Waals surface area contributed by atoms with Gasteiger partial charge in [0.2, 0.25) is 11.9 Å². The Bertz CT molecular complexity index is 996. The number of nitrogens with zero attached hydrogens (tertiary/aromatic N) is 4. The lowest BCUT2D eigenvalue weighted by molar-refractivity contribution is 0.256. The first-order valence-electron chi connectivity index (χ1n) is 9.16. The van der Waals surface area contributed by atoms with Gasteiger partial charge in [0, 0.05) is 11.9 Å². The van der Waals surface area contributed by atoms with Crippen molar-refractivity contribution in [2.75, 3.05) is 18.7 Å². The quantitative estimate of drug-likeness (QED) is 0.750. The standard InChI is InChI=1S/C21H24N6/c1-14-9-15(2)19-18(10-14)16(3)24-21(25-19)26-20-22-12-27(13-23-20)11-17-7-5-4-6-8-17/h4-10H,11-13H2,1-3H3,(H2,22,23,24,25,26). The first kappa shape index (κ1) is 17.4. The number of aryl methyl sites for hydroxylation is 3. The van der Waals surface area contributed by atoms with Crippen LogP contribution < -0.4 is 10.6 Å². The normalized spacial score (nSPS) is 14.7. The molecule has 0 unspecified atom stereocenters. The molecule has 138 valence electrons. The number of hydrogen-bond donors (Lipinski definition) is 2. The van der Waals surface area contributed by atoms with Crippen molar-refractivity contribution < 1.29 is 0 Å². The maximum absolute atomic E-state index is 4.70. The molecule has 0 spiro atoms. The van der Waals surface area contributed by atoms with E-state index in [2.05, 4.69) is 75.8 Å². The number of aliphatic imine (C=N–C) groups is 1. The average Bonchev–Trinajstić information content (AvgIpc) is 2.65. The van der Waals surface area contributed by atoms with Crippen LogP contribution in [-0.2, 0) is 6.54 Å². The van der Waals surface area contributed by atoms with Crippen molar-refractivity contribution in [3.05, 3.63) is 64.8 Å². The Hall–Kier alpha value is -2.99. The Morgan fingerprint density at radius 2 is 1.89 bits per heavy atom. The molecular weight excluding hydrogens is 336 g/mol. The first-order chi connectivity index (χ1) is 13.1. The van der Waals surface area contributed by atoms with E-state index < -0.39 is 0 Å². The minimum absolute atomic E-state index is 0.578. The largest absolute Gasteiger partial charge is 0.343 e. The maximum Gasteiger partial charge on any atom is 0.230 e. The van der Waals surface area contributed by atoms with Gasteiger partial charge in [-0.3, -0.25) is 10.2 Å². The molecule has 4 rings (SSSR count). The van der Waals surface area contributed by atoms with Crippen LogP contribution in [0.25, 0.3) is 10.9 Å². The Balaban J connectivity index is 1.48. The van der Waals surface area contributed by atoms with Crippen molar-refractivity contribution in [3.63, 3.8) is 0 Å². The highest BCUT2D eigenvalue weighted by Gasteiger charge is 2.14. The Morgan fingerprint density at radius 1 is 1.07 bits per heavy atom. The lowest BCUT2D eigenvalue weighted by Gasteiger charge is -2.26. The summed E-state index contributed by atoms with van der Waals surface area (Å²) in [5.74, 6) is 1.29. The van der Waals surface area contributed by atoms with Crippen molar-refractivity contribution in [1.29, 1.82) is 0 Å². The molecule has 3 aromatic rings. The number of rotatable bonds is 3. The molecule has 0 amide bonds. The Labute approximate surface area is 159 Å². The molecule has 0 atom stereocenters. The second-order valence-corrected chi connectivity index (χ2v) is 7.03. The number of nitrogens with one attached hydrogen (secondary N) is 2. The topological polar surface area (TPSA) is 65.4 Å². The van der Waals surface area contributed by atoms with Gasteiger partial charge < -0.3 is 5.32 Å². The average molecular weight is 360 g/mol. The zero-order chi connectivity index (χ0) is 18.8. The van der Waals surface area contributed by atoms with Crippen molar-refractivity contribution in [2.45, 2.75) is 27.3 Å². The lowest BCUT2D eigenvalue weighted by Crippen LogP contribution is -2.45. The summed E-state index contributed by atoms with van der Waals surface area (Å²) in [5.41, 5.74) is 5.62. The zero-order valence-corrected chi connectivity index (χ0v) is 16.0. The molecule has 27 heavy (non-hydrogen) atoms. The number of benzene rings is 2. The number of guanidine groups is 1. The second kappa shape index (κ2) is 7.32. The van der Waals surface area contributed by atoms with Gasteiger partial charge in [0.15, 0.2) is 0 Å². The van der Waals surface area contributed by atoms with Crippen LogP contribution in [0.4, 0.5) is 5.95 Å². The highest BCUT2D eigenvalue weighted by Crippen LogP contribution is 2.22. The van der Waals surface area contributed by atoms with E-state index >= 15 is 0 Å². The summed E-state index contributed by atoms with van der Waals surface area (Å²) in [7, 11) is 0. The number of fused-ring (bicyclic) bond motifs is 1. The predicted octanol–water partition coefficient (Wildman–Crippen LogP) is 3.34. The molecule has 0 aliphatic carbocycles. The third-order valence-corrected chi connectivity index (χ3v) is 4.70. The molecule has 1 aliphatic rings. The van der Waals surface area contributed by atoms with Gasteiger partial charge in [-0.2, -0.15) is 0 Å². The number of hydrogen-bond acceptors (Lipinski definition) is 6. The summed E-state index contributed by atoms with van der Waals surface area (Å²) in [6, 6.07) is 14.7. The smallest absolute Gasteiger partial charge is 0.230 e. The van der Waals surface area contributed by atoms with E-state index in [0.717, 1.165) is 35.4 Å². The number of aromatic nitrogens is 2. The van der Waals surface area contributed by atoms with Crippen molar-refractivity contribution in [1.82, 2.24) is 20.2 Å². The van der Waals surface area contributed by atoms with E-state index in [4.69, 9.17) is 4.98 Å². The molecular formula is C21H24N6. The van der Waals surface area contributed by atoms with Crippen molar-refractivity contribution >= 4 is 22.8 Å². The van der Waals surface area contributed by atoms with Gasteiger partial charge in [0.25, 0.3) is 0 Å². The summed E-state index contributed by atoms with van der Waals surface area (Å²) in [4.78, 5) is 16.1. The Kier molecular flexibility index (Phi) is 4.73. The third kappa shape index (κ3) is 3.90. The van der Waals surface area contributed by atoms with Crippen molar-refractivity contribution in [2.24, 2.45) is 4.99 Å². The summed E-state index contributed by atoms with van der Waals surface area (Å²) in [6.45, 7) is 8.43. The molecule has 2 aromatic carbocycles. The molecule has 0 fully saturated rings. The van der Waals surface area contributed by atoms with E-state index in [1.54, 1.807) is 0 Å². The van der Waals surface area contributed by atoms with Crippen LogP contribution in [0.1, 0.15) is 22.4 Å². The molecule has 2 N–H and O–H groups in total. The molecule has 0 radical (unpaired) electrons. The van der Waals surface area contributed by atoms with Gasteiger partial charge in [-0.1, -0.05) is 42.0 Å². The molecule has 2 heterocycles. The fraction of sp³-hybridized carbons (Fsp3) is 0.286. The van der Waals surface area contributed by atoms with Gasteiger partial charge in [0.1, 0.15) is 0 Å². The predicted molar refractivity (Wildman–Crippen MR) is 110 cm³/mol. The van der Waals surface area contributed by atoms with E-state index in [0.29, 0.717) is 18.6 Å². The molecule has 6 heteroatoms. The van der Waals surface area contributed by atoms with Crippen molar-refractivity contribution in [3.8, 4) is 0 Å². The molecule has 0 bridgehead atoms. The van der Waals surface area contributed by atoms with Crippen LogP contribution in [0.5, 0.6) is 0 Å². The van der Waals surface area contributed by atoms with Crippen LogP contribution in [0.15, 0.2) is 47.5 Å². The fourth-order valence-corrected chi connectivity index (χ4v) is 3.39. The SMILES string of the molecule is Cc1cc(C)c2nc(NC3=NCN(Cc4ccccc4)CN3)nc(C)c2c1. The minimum atomic E-state index is 0.578. The minimum Gasteiger partial charge on any atom is -0.343 e. The van der Waals surface area contributed by atoms with Gasteiger partial charge in [0.05, 0.1) is 24.5 Å². The van der Waals surface area contributed by atoms with E-state index in [9.17, 15) is 0 Å². The highest BCUT2D eigenvalue weighted by molar-refractivity contribution is 5.94. The third-order valence-electron chi connectivity index (χ3n) is 4.70. The van der Waals surface area contributed by atoms with E-state index in [1.807, 2.05) is 13.0 Å². The molecule has 6 nitrogen and oxygen atoms in total. The van der Waals surface area contributed by atoms with Crippen LogP contribution in [0.3, 0.4) is 0 Å². The summed E-state index contributed by atoms with van der Waals surface area (Å²) < 4.78 is 0. The van der Waals surface area contributed by atoms with Crippen LogP contribution >= 0.6 is 0 Å². The maximum atomic E-state index is 4.70. The fourth-order valence-electron chi connectivity index (χ4n) is 3.39. The summed E-state index contributed by atoms with van der Waals surface area (Å²) in [5, 5.41) is 7.65. The van der Waals surface area contributed by atoms with E-state index in [-0.39, 0.29) is 0 Å². The zero-order valence-electron chi connectivity index (χ0n) is 16.0. The van der Waals surface area contributed by atoms with Gasteiger partial charge >= 0.3 is 0 Å².